The second-order valence-corrected chi connectivity index (χ2v) is 7.12. The van der Waals surface area contributed by atoms with E-state index in [2.05, 4.69) is 9.97 Å². The molecule has 0 atom stereocenters. The second-order valence-electron chi connectivity index (χ2n) is 6.17. The highest BCUT2D eigenvalue weighted by molar-refractivity contribution is 7.99. The Morgan fingerprint density at radius 2 is 2.07 bits per heavy atom. The molecule has 0 saturated heterocycles. The molecule has 3 aromatic rings. The second kappa shape index (κ2) is 7.84. The third-order valence-electron chi connectivity index (χ3n) is 4.34. The van der Waals surface area contributed by atoms with Gasteiger partial charge in [-0.05, 0) is 38.5 Å². The lowest BCUT2D eigenvalue weighted by molar-refractivity contribution is 0.101. The van der Waals surface area contributed by atoms with Crippen LogP contribution in [0.5, 0.6) is 5.75 Å². The lowest BCUT2D eigenvalue weighted by Gasteiger charge is -2.09. The maximum atomic E-state index is 12.7. The van der Waals surface area contributed by atoms with Crippen LogP contribution in [0.3, 0.4) is 0 Å². The molecule has 27 heavy (non-hydrogen) atoms. The quantitative estimate of drug-likeness (QED) is 0.493. The Hall–Kier alpha value is -2.80. The minimum absolute atomic E-state index is 0.0403. The highest BCUT2D eigenvalue weighted by Crippen LogP contribution is 2.25. The molecule has 0 radical (unpaired) electrons. The van der Waals surface area contributed by atoms with Crippen LogP contribution in [-0.2, 0) is 0 Å². The van der Waals surface area contributed by atoms with E-state index in [9.17, 15) is 9.59 Å². The number of methoxy groups -OCH3 is 1. The first-order chi connectivity index (χ1) is 12.9. The van der Waals surface area contributed by atoms with E-state index < -0.39 is 0 Å². The van der Waals surface area contributed by atoms with Gasteiger partial charge in [-0.2, -0.15) is 0 Å². The van der Waals surface area contributed by atoms with Gasteiger partial charge in [0.2, 0.25) is 0 Å². The van der Waals surface area contributed by atoms with Gasteiger partial charge in [-0.3, -0.25) is 14.2 Å². The van der Waals surface area contributed by atoms with Crippen molar-refractivity contribution >= 4 is 23.3 Å². The smallest absolute Gasteiger partial charge is 0.189 e. The summed E-state index contributed by atoms with van der Waals surface area (Å²) in [6, 6.07) is 7.64. The Morgan fingerprint density at radius 3 is 2.74 bits per heavy atom. The van der Waals surface area contributed by atoms with E-state index in [0.29, 0.717) is 22.0 Å². The summed E-state index contributed by atoms with van der Waals surface area (Å²) in [6.07, 6.45) is 3.55. The Labute approximate surface area is 162 Å². The van der Waals surface area contributed by atoms with Crippen molar-refractivity contribution in [3.63, 3.8) is 0 Å². The Bertz CT molecular complexity index is 1000. The van der Waals surface area contributed by atoms with Gasteiger partial charge in [-0.25, -0.2) is 4.98 Å². The number of imidazole rings is 1. The summed E-state index contributed by atoms with van der Waals surface area (Å²) in [7, 11) is 1.62. The van der Waals surface area contributed by atoms with Gasteiger partial charge >= 0.3 is 0 Å². The number of carbonyl (C=O) groups excluding carboxylic acids is 2. The summed E-state index contributed by atoms with van der Waals surface area (Å²) in [4.78, 5) is 31.9. The van der Waals surface area contributed by atoms with Crippen LogP contribution in [0.4, 0.5) is 0 Å². The number of benzene rings is 1. The van der Waals surface area contributed by atoms with Gasteiger partial charge < -0.3 is 9.72 Å². The number of aromatic nitrogens is 3. The van der Waals surface area contributed by atoms with Crippen molar-refractivity contribution in [3.05, 3.63) is 59.2 Å². The first kappa shape index (κ1) is 19.0. The Kier molecular flexibility index (Phi) is 5.51. The lowest BCUT2D eigenvalue weighted by atomic mass is 10.1. The van der Waals surface area contributed by atoms with Crippen molar-refractivity contribution in [2.75, 3.05) is 12.9 Å². The van der Waals surface area contributed by atoms with Crippen molar-refractivity contribution in [2.45, 2.75) is 25.9 Å². The van der Waals surface area contributed by atoms with Crippen LogP contribution in [0.2, 0.25) is 0 Å². The number of rotatable bonds is 7. The number of ketones is 2. The number of hydrogen-bond donors (Lipinski definition) is 1. The van der Waals surface area contributed by atoms with Crippen molar-refractivity contribution in [2.24, 2.45) is 0 Å². The first-order valence-electron chi connectivity index (χ1n) is 8.46. The number of hydrogen-bond acceptors (Lipinski definition) is 5. The molecule has 2 aromatic heterocycles. The number of H-pyrrole nitrogens is 1. The maximum Gasteiger partial charge on any atom is 0.189 e. The lowest BCUT2D eigenvalue weighted by Crippen LogP contribution is -2.07. The number of aromatic amines is 1. The van der Waals surface area contributed by atoms with Gasteiger partial charge in [0, 0.05) is 29.7 Å². The van der Waals surface area contributed by atoms with Gasteiger partial charge in [0.25, 0.3) is 0 Å². The highest BCUT2D eigenvalue weighted by atomic mass is 32.2. The molecule has 0 bridgehead atoms. The average Bonchev–Trinajstić information content (AvgIpc) is 3.23. The molecular weight excluding hydrogens is 362 g/mol. The van der Waals surface area contributed by atoms with Crippen molar-refractivity contribution in [1.29, 1.82) is 0 Å². The molecule has 0 fully saturated rings. The van der Waals surface area contributed by atoms with E-state index in [1.54, 1.807) is 20.2 Å². The highest BCUT2D eigenvalue weighted by Gasteiger charge is 2.20. The van der Waals surface area contributed by atoms with E-state index in [4.69, 9.17) is 4.74 Å². The van der Waals surface area contributed by atoms with E-state index in [1.165, 1.54) is 18.7 Å². The van der Waals surface area contributed by atoms with Crippen LogP contribution >= 0.6 is 11.8 Å². The number of nitrogens with one attached hydrogen (secondary N) is 1. The van der Waals surface area contributed by atoms with Crippen molar-refractivity contribution < 1.29 is 14.3 Å². The molecular formula is C20H21N3O3S. The normalized spacial score (nSPS) is 10.8. The molecule has 3 rings (SSSR count). The third-order valence-corrected chi connectivity index (χ3v) is 5.31. The maximum absolute atomic E-state index is 12.7. The van der Waals surface area contributed by atoms with Crippen LogP contribution < -0.4 is 4.74 Å². The molecule has 0 amide bonds. The van der Waals surface area contributed by atoms with Crippen LogP contribution in [0.1, 0.15) is 39.0 Å². The zero-order valence-corrected chi connectivity index (χ0v) is 16.5. The summed E-state index contributed by atoms with van der Waals surface area (Å²) >= 11 is 1.35. The fraction of sp³-hybridized carbons (Fsp3) is 0.250. The Morgan fingerprint density at radius 1 is 1.30 bits per heavy atom. The average molecular weight is 383 g/mol. The number of thioether (sulfide) groups is 1. The number of ether oxygens (including phenoxy) is 1. The molecule has 0 unspecified atom stereocenters. The summed E-state index contributed by atoms with van der Waals surface area (Å²) < 4.78 is 7.18. The number of carbonyl (C=O) groups is 2. The van der Waals surface area contributed by atoms with E-state index in [0.717, 1.165) is 17.1 Å². The summed E-state index contributed by atoms with van der Waals surface area (Å²) in [5.74, 6) is 0.872. The zero-order chi connectivity index (χ0) is 19.6. The molecule has 0 saturated carbocycles. The first-order valence-corrected chi connectivity index (χ1v) is 9.44. The number of aryl methyl sites for hydroxylation is 1. The molecule has 0 aliphatic carbocycles. The van der Waals surface area contributed by atoms with Crippen molar-refractivity contribution in [1.82, 2.24) is 14.5 Å². The zero-order valence-electron chi connectivity index (χ0n) is 15.7. The SMILES string of the molecule is COc1cccc(-n2ccnc2SCC(=O)c2[nH]c(C)c(C(C)=O)c2C)c1. The van der Waals surface area contributed by atoms with Gasteiger partial charge in [-0.15, -0.1) is 0 Å². The summed E-state index contributed by atoms with van der Waals surface area (Å²) in [6.45, 7) is 5.12. The van der Waals surface area contributed by atoms with Gasteiger partial charge in [0.1, 0.15) is 5.75 Å². The number of Topliss-reactive ketones (excluding diaryl/α,β-unsaturated/α-hetero) is 2. The monoisotopic (exact) mass is 383 g/mol. The van der Waals surface area contributed by atoms with Crippen LogP contribution in [0.25, 0.3) is 5.69 Å². The summed E-state index contributed by atoms with van der Waals surface area (Å²) in [5, 5.41) is 0.712. The standard InChI is InChI=1S/C20H21N3O3S/c1-12-18(14(3)24)13(2)22-19(12)17(25)11-27-20-21-8-9-23(20)15-6-5-7-16(10-15)26-4/h5-10,22H,11H2,1-4H3. The molecule has 1 N–H and O–H groups in total. The number of nitrogens with zero attached hydrogens (tertiary/aromatic N) is 2. The Balaban J connectivity index is 1.79. The van der Waals surface area contributed by atoms with Crippen LogP contribution in [0, 0.1) is 13.8 Å². The predicted octanol–water partition coefficient (Wildman–Crippen LogP) is 4.00. The van der Waals surface area contributed by atoms with E-state index >= 15 is 0 Å². The van der Waals surface area contributed by atoms with E-state index in [-0.39, 0.29) is 17.3 Å². The molecule has 2 heterocycles. The minimum Gasteiger partial charge on any atom is -0.497 e. The summed E-state index contributed by atoms with van der Waals surface area (Å²) in [5.41, 5.74) is 3.44. The molecule has 140 valence electrons. The minimum atomic E-state index is -0.0618. The molecule has 6 nitrogen and oxygen atoms in total. The van der Waals surface area contributed by atoms with Crippen LogP contribution in [-0.4, -0.2) is 39.0 Å². The predicted molar refractivity (Wildman–Crippen MR) is 105 cm³/mol. The van der Waals surface area contributed by atoms with Gasteiger partial charge in [0.05, 0.1) is 24.2 Å². The van der Waals surface area contributed by atoms with Crippen LogP contribution in [0.15, 0.2) is 41.8 Å². The molecule has 0 spiro atoms. The fourth-order valence-corrected chi connectivity index (χ4v) is 3.96. The van der Waals surface area contributed by atoms with Gasteiger partial charge in [-0.1, -0.05) is 17.8 Å². The fourth-order valence-electron chi connectivity index (χ4n) is 3.11. The molecule has 7 heteroatoms. The molecule has 0 aliphatic heterocycles. The molecule has 0 aliphatic rings. The van der Waals surface area contributed by atoms with Gasteiger partial charge in [0.15, 0.2) is 16.7 Å². The largest absolute Gasteiger partial charge is 0.497 e. The van der Waals surface area contributed by atoms with E-state index in [1.807, 2.05) is 42.0 Å². The third kappa shape index (κ3) is 3.83. The molecule has 1 aromatic carbocycles. The topological polar surface area (TPSA) is 77.0 Å². The van der Waals surface area contributed by atoms with Crippen molar-refractivity contribution in [3.8, 4) is 11.4 Å².